The van der Waals surface area contributed by atoms with Crippen LogP contribution in [0.25, 0.3) is 10.9 Å². The van der Waals surface area contributed by atoms with Gasteiger partial charge in [0.2, 0.25) is 0 Å². The molecular weight excluding hydrogens is 434 g/mol. The van der Waals surface area contributed by atoms with Crippen LogP contribution in [0.1, 0.15) is 72.6 Å². The lowest BCUT2D eigenvalue weighted by Crippen LogP contribution is -2.13. The molecule has 2 aromatic carbocycles. The van der Waals surface area contributed by atoms with Gasteiger partial charge in [0.1, 0.15) is 0 Å². The van der Waals surface area contributed by atoms with Crippen molar-refractivity contribution in [3.05, 3.63) is 75.9 Å². The Labute approximate surface area is 201 Å². The molecule has 0 amide bonds. The van der Waals surface area contributed by atoms with Crippen molar-refractivity contribution in [3.8, 4) is 0 Å². The number of fused-ring (bicyclic) bond motifs is 1. The van der Waals surface area contributed by atoms with E-state index in [0.717, 1.165) is 55.1 Å². The molecule has 0 bridgehead atoms. The average Bonchev–Trinajstić information content (AvgIpc) is 2.75. The van der Waals surface area contributed by atoms with E-state index in [9.17, 15) is 9.59 Å². The number of unbranched alkanes of at least 4 members (excludes halogenated alkanes) is 3. The number of pyridine rings is 1. The fourth-order valence-electron chi connectivity index (χ4n) is 4.26. The van der Waals surface area contributed by atoms with E-state index in [1.165, 1.54) is 11.1 Å². The van der Waals surface area contributed by atoms with Crippen LogP contribution < -0.4 is 0 Å². The minimum absolute atomic E-state index is 0.0190. The zero-order chi connectivity index (χ0) is 23.8. The summed E-state index contributed by atoms with van der Waals surface area (Å²) in [5.41, 5.74) is 4.90. The Kier molecular flexibility index (Phi) is 9.02. The number of aromatic nitrogens is 1. The predicted molar refractivity (Wildman–Crippen MR) is 134 cm³/mol. The summed E-state index contributed by atoms with van der Waals surface area (Å²) in [5, 5.41) is 10.5. The van der Waals surface area contributed by atoms with Gasteiger partial charge in [-0.15, -0.1) is 0 Å². The summed E-state index contributed by atoms with van der Waals surface area (Å²) in [6, 6.07) is 16.0. The first-order chi connectivity index (χ1) is 15.8. The van der Waals surface area contributed by atoms with Gasteiger partial charge in [0, 0.05) is 28.8 Å². The molecule has 0 aliphatic heterocycles. The van der Waals surface area contributed by atoms with E-state index in [4.69, 9.17) is 21.7 Å². The van der Waals surface area contributed by atoms with Gasteiger partial charge in [0.05, 0.1) is 11.2 Å². The number of Topliss-reactive ketones (excluding diaryl/α,β-unsaturated/α-hetero) is 1. The van der Waals surface area contributed by atoms with Gasteiger partial charge in [-0.25, -0.2) is 0 Å². The quantitative estimate of drug-likeness (QED) is 0.226. The van der Waals surface area contributed by atoms with Crippen molar-refractivity contribution in [2.24, 2.45) is 5.92 Å². The molecule has 1 aromatic heterocycles. The Morgan fingerprint density at radius 1 is 0.970 bits per heavy atom. The lowest BCUT2D eigenvalue weighted by Gasteiger charge is -2.13. The van der Waals surface area contributed by atoms with E-state index in [0.29, 0.717) is 10.6 Å². The monoisotopic (exact) mass is 465 g/mol. The van der Waals surface area contributed by atoms with Crippen molar-refractivity contribution in [1.82, 2.24) is 4.98 Å². The van der Waals surface area contributed by atoms with Gasteiger partial charge < -0.3 is 5.11 Å². The minimum Gasteiger partial charge on any atom is -0.481 e. The van der Waals surface area contributed by atoms with Gasteiger partial charge in [0.25, 0.3) is 0 Å². The van der Waals surface area contributed by atoms with Crippen LogP contribution in [0.5, 0.6) is 0 Å². The highest BCUT2D eigenvalue weighted by atomic mass is 35.5. The number of aliphatic carboxylic acids is 1. The number of carboxylic acids is 1. The molecule has 3 aromatic rings. The van der Waals surface area contributed by atoms with Crippen molar-refractivity contribution in [1.29, 1.82) is 0 Å². The molecule has 174 valence electrons. The second kappa shape index (κ2) is 11.9. The molecule has 1 unspecified atom stereocenters. The zero-order valence-electron chi connectivity index (χ0n) is 19.4. The number of ketones is 1. The third kappa shape index (κ3) is 7.68. The number of carboxylic acid groups (broad SMARTS) is 1. The maximum Gasteiger partial charge on any atom is 0.303 e. The Balaban J connectivity index is 1.64. The van der Waals surface area contributed by atoms with Crippen LogP contribution in [0.4, 0.5) is 0 Å². The topological polar surface area (TPSA) is 67.3 Å². The Morgan fingerprint density at radius 3 is 2.45 bits per heavy atom. The van der Waals surface area contributed by atoms with E-state index in [1.54, 1.807) is 6.92 Å². The highest BCUT2D eigenvalue weighted by Crippen LogP contribution is 2.24. The van der Waals surface area contributed by atoms with Crippen LogP contribution in [0.2, 0.25) is 5.02 Å². The van der Waals surface area contributed by atoms with Crippen LogP contribution in [0, 0.1) is 12.8 Å². The molecule has 4 nitrogen and oxygen atoms in total. The third-order valence-corrected chi connectivity index (χ3v) is 6.16. The van der Waals surface area contributed by atoms with Crippen molar-refractivity contribution < 1.29 is 14.7 Å². The highest BCUT2D eigenvalue weighted by Gasteiger charge is 2.18. The van der Waals surface area contributed by atoms with Crippen LogP contribution in [0.3, 0.4) is 0 Å². The Hall–Kier alpha value is -2.72. The van der Waals surface area contributed by atoms with Gasteiger partial charge >= 0.3 is 5.97 Å². The summed E-state index contributed by atoms with van der Waals surface area (Å²) >= 11 is 6.14. The summed E-state index contributed by atoms with van der Waals surface area (Å²) in [6.45, 7) is 3.92. The van der Waals surface area contributed by atoms with Gasteiger partial charge in [-0.05, 0) is 68.4 Å². The number of rotatable bonds is 12. The largest absolute Gasteiger partial charge is 0.481 e. The van der Waals surface area contributed by atoms with E-state index in [2.05, 4.69) is 31.2 Å². The number of aryl methyl sites for hydroxylation is 3. The number of benzene rings is 2. The molecule has 1 heterocycles. The summed E-state index contributed by atoms with van der Waals surface area (Å²) in [7, 11) is 0. The molecule has 0 spiro atoms. The highest BCUT2D eigenvalue weighted by molar-refractivity contribution is 6.31. The first kappa shape index (κ1) is 24.9. The van der Waals surface area contributed by atoms with Crippen molar-refractivity contribution in [2.45, 2.75) is 65.2 Å². The molecule has 0 fully saturated rings. The zero-order valence-corrected chi connectivity index (χ0v) is 20.2. The number of carbonyl (C=O) groups excluding carboxylic acids is 1. The molecule has 0 saturated carbocycles. The number of halogens is 1. The maximum absolute atomic E-state index is 13.0. The first-order valence-corrected chi connectivity index (χ1v) is 12.1. The standard InChI is InChI=1S/C28H32ClNO3/c1-19-8-7-10-21(14-19)9-5-3-4-6-11-26-24(27(31)15-20(2)16-28(32)33)18-22-17-23(29)12-13-25(22)30-26/h7-8,10,12-14,17-18,20H,3-6,9,11,15-16H2,1-2H3,(H,32,33). The van der Waals surface area contributed by atoms with Gasteiger partial charge in [0.15, 0.2) is 5.78 Å². The number of nitrogens with zero attached hydrogens (tertiary/aromatic N) is 1. The van der Waals surface area contributed by atoms with Crippen LogP contribution >= 0.6 is 11.6 Å². The second-order valence-corrected chi connectivity index (χ2v) is 9.49. The molecule has 0 aliphatic carbocycles. The summed E-state index contributed by atoms with van der Waals surface area (Å²) in [5.74, 6) is -1.16. The van der Waals surface area contributed by atoms with E-state index in [1.807, 2.05) is 24.3 Å². The molecule has 3 rings (SSSR count). The lowest BCUT2D eigenvalue weighted by atomic mass is 9.94. The molecule has 5 heteroatoms. The van der Waals surface area contributed by atoms with Crippen LogP contribution in [0.15, 0.2) is 48.5 Å². The van der Waals surface area contributed by atoms with Crippen molar-refractivity contribution in [2.75, 3.05) is 0 Å². The SMILES string of the molecule is Cc1cccc(CCCCCCc2nc3ccc(Cl)cc3cc2C(=O)CC(C)CC(=O)O)c1. The molecule has 1 N–H and O–H groups in total. The van der Waals surface area contributed by atoms with Crippen LogP contribution in [-0.4, -0.2) is 21.8 Å². The summed E-state index contributed by atoms with van der Waals surface area (Å²) in [6.07, 6.45) is 6.32. The van der Waals surface area contributed by atoms with Gasteiger partial charge in [-0.1, -0.05) is 61.2 Å². The van der Waals surface area contributed by atoms with Crippen molar-refractivity contribution in [3.63, 3.8) is 0 Å². The van der Waals surface area contributed by atoms with Crippen LogP contribution in [-0.2, 0) is 17.6 Å². The molecule has 0 saturated heterocycles. The number of hydrogen-bond acceptors (Lipinski definition) is 3. The normalized spacial score (nSPS) is 12.1. The van der Waals surface area contributed by atoms with Gasteiger partial charge in [-0.2, -0.15) is 0 Å². The predicted octanol–water partition coefficient (Wildman–Crippen LogP) is 7.23. The van der Waals surface area contributed by atoms with E-state index < -0.39 is 5.97 Å². The smallest absolute Gasteiger partial charge is 0.303 e. The van der Waals surface area contributed by atoms with Gasteiger partial charge in [-0.3, -0.25) is 14.6 Å². The Morgan fingerprint density at radius 2 is 1.73 bits per heavy atom. The minimum atomic E-state index is -0.885. The molecule has 0 radical (unpaired) electrons. The average molecular weight is 466 g/mol. The molecular formula is C28H32ClNO3. The third-order valence-electron chi connectivity index (χ3n) is 5.92. The lowest BCUT2D eigenvalue weighted by molar-refractivity contribution is -0.137. The van der Waals surface area contributed by atoms with E-state index >= 15 is 0 Å². The molecule has 1 atom stereocenters. The van der Waals surface area contributed by atoms with E-state index in [-0.39, 0.29) is 24.5 Å². The number of carbonyl (C=O) groups is 2. The Bertz CT molecular complexity index is 1130. The van der Waals surface area contributed by atoms with Crippen molar-refractivity contribution >= 4 is 34.3 Å². The fourth-order valence-corrected chi connectivity index (χ4v) is 4.44. The summed E-state index contributed by atoms with van der Waals surface area (Å²) in [4.78, 5) is 28.8. The maximum atomic E-state index is 13.0. The molecule has 0 aliphatic rings. The first-order valence-electron chi connectivity index (χ1n) is 11.7. The fraction of sp³-hybridized carbons (Fsp3) is 0.393. The summed E-state index contributed by atoms with van der Waals surface area (Å²) < 4.78 is 0. The molecule has 33 heavy (non-hydrogen) atoms. The number of hydrogen-bond donors (Lipinski definition) is 1. The second-order valence-electron chi connectivity index (χ2n) is 9.05.